The molecule has 1 N–H and O–H groups in total. The Morgan fingerprint density at radius 3 is 2.25 bits per heavy atom. The summed E-state index contributed by atoms with van der Waals surface area (Å²) >= 11 is 2.34. The van der Waals surface area contributed by atoms with E-state index in [1.165, 1.54) is 0 Å². The van der Waals surface area contributed by atoms with Gasteiger partial charge in [0, 0.05) is 3.42 Å². The smallest absolute Gasteiger partial charge is 0.0752 e. The fraction of sp³-hybridized carbons (Fsp3) is 0.667. The van der Waals surface area contributed by atoms with Gasteiger partial charge in [-0.1, -0.05) is 36.4 Å². The van der Waals surface area contributed by atoms with Crippen LogP contribution in [0.5, 0.6) is 0 Å². The standard InChI is InChI=1S/C6H11IO/c1-6(2,7)4-3-5-8/h3,5,8H,4H2,1-2H3/b5-3-. The monoisotopic (exact) mass is 226 g/mol. The maximum atomic E-state index is 8.25. The molecule has 0 aliphatic carbocycles. The van der Waals surface area contributed by atoms with Gasteiger partial charge in [-0.15, -0.1) is 0 Å². The highest BCUT2D eigenvalue weighted by molar-refractivity contribution is 14.1. The Hall–Kier alpha value is 0.270. The summed E-state index contributed by atoms with van der Waals surface area (Å²) in [7, 11) is 0. The van der Waals surface area contributed by atoms with Crippen molar-refractivity contribution in [2.75, 3.05) is 0 Å². The summed E-state index contributed by atoms with van der Waals surface area (Å²) in [6.07, 6.45) is 3.77. The minimum Gasteiger partial charge on any atom is -0.516 e. The van der Waals surface area contributed by atoms with Crippen LogP contribution in [0.1, 0.15) is 20.3 Å². The number of aliphatic hydroxyl groups excluding tert-OH is 1. The highest BCUT2D eigenvalue weighted by atomic mass is 127. The molecule has 1 nitrogen and oxygen atoms in total. The summed E-state index contributed by atoms with van der Waals surface area (Å²) < 4.78 is 0.275. The average Bonchev–Trinajstić information content (AvgIpc) is 1.59. The number of alkyl halides is 1. The first-order chi connectivity index (χ1) is 3.56. The van der Waals surface area contributed by atoms with Crippen LogP contribution in [-0.4, -0.2) is 8.53 Å². The number of rotatable bonds is 2. The highest BCUT2D eigenvalue weighted by Crippen LogP contribution is 2.20. The van der Waals surface area contributed by atoms with E-state index >= 15 is 0 Å². The van der Waals surface area contributed by atoms with Crippen molar-refractivity contribution >= 4 is 22.6 Å². The second-order valence-corrected chi connectivity index (χ2v) is 5.23. The first-order valence-electron chi connectivity index (χ1n) is 2.54. The lowest BCUT2D eigenvalue weighted by molar-refractivity contribution is 0.469. The zero-order valence-electron chi connectivity index (χ0n) is 5.19. The topological polar surface area (TPSA) is 20.2 Å². The van der Waals surface area contributed by atoms with Crippen LogP contribution in [0.4, 0.5) is 0 Å². The van der Waals surface area contributed by atoms with Gasteiger partial charge in [-0.05, 0) is 12.5 Å². The lowest BCUT2D eigenvalue weighted by Crippen LogP contribution is -2.05. The number of hydrogen-bond donors (Lipinski definition) is 1. The van der Waals surface area contributed by atoms with E-state index in [1.54, 1.807) is 6.08 Å². The molecule has 0 aliphatic rings. The van der Waals surface area contributed by atoms with Crippen molar-refractivity contribution in [3.63, 3.8) is 0 Å². The summed E-state index contributed by atoms with van der Waals surface area (Å²) in [5.74, 6) is 0. The van der Waals surface area contributed by atoms with Gasteiger partial charge in [0.25, 0.3) is 0 Å². The fourth-order valence-corrected chi connectivity index (χ4v) is 0.587. The molecule has 0 rings (SSSR count). The van der Waals surface area contributed by atoms with E-state index in [0.29, 0.717) is 0 Å². The summed E-state index contributed by atoms with van der Waals surface area (Å²) in [5.41, 5.74) is 0. The molecular weight excluding hydrogens is 215 g/mol. The van der Waals surface area contributed by atoms with Gasteiger partial charge < -0.3 is 5.11 Å². The molecule has 0 bridgehead atoms. The molecule has 0 heterocycles. The maximum Gasteiger partial charge on any atom is 0.0752 e. The van der Waals surface area contributed by atoms with Crippen LogP contribution in [0.25, 0.3) is 0 Å². The fourth-order valence-electron chi connectivity index (χ4n) is 0.333. The molecule has 0 aromatic carbocycles. The van der Waals surface area contributed by atoms with Gasteiger partial charge in [-0.3, -0.25) is 0 Å². The molecule has 0 saturated carbocycles. The summed E-state index contributed by atoms with van der Waals surface area (Å²) in [4.78, 5) is 0. The van der Waals surface area contributed by atoms with Crippen molar-refractivity contribution in [3.8, 4) is 0 Å². The number of aliphatic hydroxyl groups is 1. The van der Waals surface area contributed by atoms with Crippen molar-refractivity contribution in [1.82, 2.24) is 0 Å². The predicted octanol–water partition coefficient (Wildman–Crippen LogP) is 2.66. The van der Waals surface area contributed by atoms with Gasteiger partial charge in [0.2, 0.25) is 0 Å². The van der Waals surface area contributed by atoms with Crippen LogP contribution in [-0.2, 0) is 0 Å². The molecule has 0 aromatic heterocycles. The quantitative estimate of drug-likeness (QED) is 0.436. The molecule has 0 unspecified atom stereocenters. The van der Waals surface area contributed by atoms with E-state index in [0.717, 1.165) is 12.7 Å². The Balaban J connectivity index is 3.39. The highest BCUT2D eigenvalue weighted by Gasteiger charge is 2.08. The third-order valence-electron chi connectivity index (χ3n) is 0.709. The van der Waals surface area contributed by atoms with Crippen LogP contribution in [0.2, 0.25) is 0 Å². The zero-order valence-corrected chi connectivity index (χ0v) is 7.34. The van der Waals surface area contributed by atoms with Crippen molar-refractivity contribution in [3.05, 3.63) is 12.3 Å². The van der Waals surface area contributed by atoms with Gasteiger partial charge in [0.15, 0.2) is 0 Å². The molecule has 2 heteroatoms. The van der Waals surface area contributed by atoms with E-state index < -0.39 is 0 Å². The van der Waals surface area contributed by atoms with E-state index in [-0.39, 0.29) is 3.42 Å². The average molecular weight is 226 g/mol. The Morgan fingerprint density at radius 2 is 2.12 bits per heavy atom. The lowest BCUT2D eigenvalue weighted by Gasteiger charge is -2.11. The van der Waals surface area contributed by atoms with Gasteiger partial charge in [-0.25, -0.2) is 0 Å². The molecule has 8 heavy (non-hydrogen) atoms. The zero-order chi connectivity index (χ0) is 6.62. The summed E-state index contributed by atoms with van der Waals surface area (Å²) in [6.45, 7) is 4.24. The van der Waals surface area contributed by atoms with Crippen molar-refractivity contribution < 1.29 is 5.11 Å². The molecule has 0 saturated heterocycles. The van der Waals surface area contributed by atoms with Crippen LogP contribution in [0.3, 0.4) is 0 Å². The Morgan fingerprint density at radius 1 is 1.62 bits per heavy atom. The van der Waals surface area contributed by atoms with E-state index in [2.05, 4.69) is 36.4 Å². The number of hydrogen-bond acceptors (Lipinski definition) is 1. The summed E-state index contributed by atoms with van der Waals surface area (Å²) in [6, 6.07) is 0. The van der Waals surface area contributed by atoms with Crippen LogP contribution >= 0.6 is 22.6 Å². The van der Waals surface area contributed by atoms with E-state index in [4.69, 9.17) is 5.11 Å². The maximum absolute atomic E-state index is 8.25. The second kappa shape index (κ2) is 3.33. The molecular formula is C6H11IO. The molecule has 0 aliphatic heterocycles. The number of allylic oxidation sites excluding steroid dienone is 1. The second-order valence-electron chi connectivity index (χ2n) is 2.31. The van der Waals surface area contributed by atoms with Gasteiger partial charge in [0.1, 0.15) is 0 Å². The van der Waals surface area contributed by atoms with Crippen molar-refractivity contribution in [2.45, 2.75) is 23.7 Å². The Kier molecular flexibility index (Phi) is 3.44. The van der Waals surface area contributed by atoms with Crippen LogP contribution in [0.15, 0.2) is 12.3 Å². The molecule has 0 spiro atoms. The molecule has 48 valence electrons. The molecule has 0 radical (unpaired) electrons. The minimum atomic E-state index is 0.275. The van der Waals surface area contributed by atoms with Crippen LogP contribution in [0, 0.1) is 0 Å². The van der Waals surface area contributed by atoms with Gasteiger partial charge >= 0.3 is 0 Å². The van der Waals surface area contributed by atoms with Gasteiger partial charge in [0.05, 0.1) is 6.26 Å². The van der Waals surface area contributed by atoms with Gasteiger partial charge in [-0.2, -0.15) is 0 Å². The SMILES string of the molecule is CC(C)(I)C/C=C\O. The molecule has 0 amide bonds. The van der Waals surface area contributed by atoms with Crippen LogP contribution < -0.4 is 0 Å². The molecule has 0 fully saturated rings. The first-order valence-corrected chi connectivity index (χ1v) is 3.62. The largest absolute Gasteiger partial charge is 0.516 e. The number of halogens is 1. The van der Waals surface area contributed by atoms with E-state index in [9.17, 15) is 0 Å². The molecule has 0 aromatic rings. The minimum absolute atomic E-state index is 0.275. The third kappa shape index (κ3) is 6.27. The van der Waals surface area contributed by atoms with Crippen molar-refractivity contribution in [1.29, 1.82) is 0 Å². The third-order valence-corrected chi connectivity index (χ3v) is 1.15. The first kappa shape index (κ1) is 8.27. The predicted molar refractivity (Wildman–Crippen MR) is 44.5 cm³/mol. The Labute approximate surface area is 63.9 Å². The van der Waals surface area contributed by atoms with Crippen molar-refractivity contribution in [2.24, 2.45) is 0 Å². The van der Waals surface area contributed by atoms with E-state index in [1.807, 2.05) is 0 Å². The Bertz CT molecular complexity index is 81.0. The lowest BCUT2D eigenvalue weighted by atomic mass is 10.1. The molecule has 0 atom stereocenters. The normalized spacial score (nSPS) is 12.9. The summed E-state index contributed by atoms with van der Waals surface area (Å²) in [5, 5.41) is 8.25.